The van der Waals surface area contributed by atoms with Crippen molar-refractivity contribution in [3.8, 4) is 5.75 Å². The van der Waals surface area contributed by atoms with Gasteiger partial charge >= 0.3 is 0 Å². The lowest BCUT2D eigenvalue weighted by Gasteiger charge is -2.18. The van der Waals surface area contributed by atoms with Gasteiger partial charge in [-0.15, -0.1) is 0 Å². The second kappa shape index (κ2) is 4.99. The molecule has 1 aromatic rings. The van der Waals surface area contributed by atoms with E-state index in [1.807, 2.05) is 32.1 Å². The van der Waals surface area contributed by atoms with E-state index in [1.54, 1.807) is 6.92 Å². The molecular weight excluding hydrogens is 224 g/mol. The minimum atomic E-state index is -0.355. The average Bonchev–Trinajstić information content (AvgIpc) is 2.35. The van der Waals surface area contributed by atoms with Crippen LogP contribution in [0.15, 0.2) is 29.9 Å². The molecule has 1 unspecified atom stereocenters. The van der Waals surface area contributed by atoms with E-state index in [-0.39, 0.29) is 6.10 Å². The van der Waals surface area contributed by atoms with Crippen molar-refractivity contribution in [2.45, 2.75) is 39.7 Å². The molecule has 0 radical (unpaired) electrons. The van der Waals surface area contributed by atoms with Gasteiger partial charge < -0.3 is 10.2 Å². The second-order valence-corrected chi connectivity index (χ2v) is 5.07. The summed E-state index contributed by atoms with van der Waals surface area (Å²) in [5.41, 5.74) is 5.35. The quantitative estimate of drug-likeness (QED) is 0.836. The second-order valence-electron chi connectivity index (χ2n) is 5.07. The molecule has 0 amide bonds. The molecule has 0 aliphatic heterocycles. The molecule has 0 aromatic heterocycles. The highest BCUT2D eigenvalue weighted by Gasteiger charge is 2.13. The Morgan fingerprint density at radius 3 is 2.11 bits per heavy atom. The highest BCUT2D eigenvalue weighted by molar-refractivity contribution is 5.71. The van der Waals surface area contributed by atoms with Gasteiger partial charge in [-0.1, -0.05) is 12.2 Å². The molecule has 0 fully saturated rings. The van der Waals surface area contributed by atoms with E-state index >= 15 is 0 Å². The van der Waals surface area contributed by atoms with Crippen LogP contribution in [0.4, 0.5) is 0 Å². The molecule has 1 aliphatic rings. The van der Waals surface area contributed by atoms with E-state index in [9.17, 15) is 10.2 Å². The number of benzene rings is 1. The normalized spacial score (nSPS) is 17.1. The first-order valence-corrected chi connectivity index (χ1v) is 6.37. The van der Waals surface area contributed by atoms with Gasteiger partial charge in [-0.05, 0) is 73.6 Å². The van der Waals surface area contributed by atoms with Gasteiger partial charge in [0.15, 0.2) is 0 Å². The van der Waals surface area contributed by atoms with Gasteiger partial charge in [0.2, 0.25) is 0 Å². The summed E-state index contributed by atoms with van der Waals surface area (Å²) in [5, 5.41) is 19.3. The van der Waals surface area contributed by atoms with Gasteiger partial charge in [-0.2, -0.15) is 0 Å². The molecule has 2 heteroatoms. The van der Waals surface area contributed by atoms with Crippen LogP contribution >= 0.6 is 0 Å². The number of hydrogen-bond donors (Lipinski definition) is 2. The minimum absolute atomic E-state index is 0.355. The number of aliphatic hydroxyl groups is 1. The van der Waals surface area contributed by atoms with E-state index in [4.69, 9.17) is 0 Å². The Bertz CT molecular complexity index is 499. The van der Waals surface area contributed by atoms with Crippen LogP contribution in [0.5, 0.6) is 5.75 Å². The molecule has 2 rings (SSSR count). The molecule has 18 heavy (non-hydrogen) atoms. The van der Waals surface area contributed by atoms with Crippen molar-refractivity contribution < 1.29 is 10.2 Å². The fraction of sp³-hybridized carbons (Fsp3) is 0.375. The maximum atomic E-state index is 9.78. The molecule has 0 saturated heterocycles. The number of rotatable bonds is 2. The van der Waals surface area contributed by atoms with E-state index in [1.165, 1.54) is 11.1 Å². The molecule has 1 aromatic carbocycles. The fourth-order valence-corrected chi connectivity index (χ4v) is 2.38. The first-order chi connectivity index (χ1) is 8.49. The van der Waals surface area contributed by atoms with E-state index in [0.29, 0.717) is 5.75 Å². The third-order valence-corrected chi connectivity index (χ3v) is 3.58. The molecule has 1 atom stereocenters. The Hall–Kier alpha value is -1.54. The van der Waals surface area contributed by atoms with Gasteiger partial charge in [0.1, 0.15) is 5.75 Å². The predicted molar refractivity (Wildman–Crippen MR) is 74.6 cm³/mol. The molecule has 0 bridgehead atoms. The Morgan fingerprint density at radius 1 is 1.06 bits per heavy atom. The van der Waals surface area contributed by atoms with Gasteiger partial charge in [0.25, 0.3) is 0 Å². The molecule has 0 heterocycles. The lowest BCUT2D eigenvalue weighted by molar-refractivity contribution is 0.227. The van der Waals surface area contributed by atoms with E-state index < -0.39 is 0 Å². The lowest BCUT2D eigenvalue weighted by atomic mass is 9.90. The molecule has 2 nitrogen and oxygen atoms in total. The Morgan fingerprint density at radius 2 is 1.67 bits per heavy atom. The van der Waals surface area contributed by atoms with Gasteiger partial charge in [0, 0.05) is 0 Å². The van der Waals surface area contributed by atoms with Crippen molar-refractivity contribution >= 4 is 5.57 Å². The largest absolute Gasteiger partial charge is 0.507 e. The summed E-state index contributed by atoms with van der Waals surface area (Å²) < 4.78 is 0. The van der Waals surface area contributed by atoms with Gasteiger partial charge in [0.05, 0.1) is 6.10 Å². The smallest absolute Gasteiger partial charge is 0.121 e. The van der Waals surface area contributed by atoms with Crippen molar-refractivity contribution in [1.29, 1.82) is 0 Å². The Labute approximate surface area is 108 Å². The van der Waals surface area contributed by atoms with Crippen LogP contribution < -0.4 is 0 Å². The summed E-state index contributed by atoms with van der Waals surface area (Å²) in [7, 11) is 0. The lowest BCUT2D eigenvalue weighted by Crippen LogP contribution is -2.07. The predicted octanol–water partition coefficient (Wildman–Crippen LogP) is 3.49. The number of aromatic hydroxyl groups is 1. The SMILES string of the molecule is Cc1cc(C2=CC=C(C(C)O)CC2)cc(C)c1O. The van der Waals surface area contributed by atoms with Crippen molar-refractivity contribution in [3.63, 3.8) is 0 Å². The maximum absolute atomic E-state index is 9.78. The monoisotopic (exact) mass is 244 g/mol. The summed E-state index contributed by atoms with van der Waals surface area (Å²) in [6.45, 7) is 5.65. The van der Waals surface area contributed by atoms with Crippen LogP contribution in [0, 0.1) is 13.8 Å². The number of phenolic OH excluding ortho intramolecular Hbond substituents is 1. The first-order valence-electron chi connectivity index (χ1n) is 6.37. The van der Waals surface area contributed by atoms with Crippen LogP contribution in [-0.2, 0) is 0 Å². The summed E-state index contributed by atoms with van der Waals surface area (Å²) >= 11 is 0. The van der Waals surface area contributed by atoms with Crippen molar-refractivity contribution in [3.05, 3.63) is 46.5 Å². The summed E-state index contributed by atoms with van der Waals surface area (Å²) in [5.74, 6) is 0.385. The summed E-state index contributed by atoms with van der Waals surface area (Å²) in [6.07, 6.45) is 5.59. The minimum Gasteiger partial charge on any atom is -0.507 e. The van der Waals surface area contributed by atoms with Crippen LogP contribution in [0.2, 0.25) is 0 Å². The maximum Gasteiger partial charge on any atom is 0.121 e. The summed E-state index contributed by atoms with van der Waals surface area (Å²) in [4.78, 5) is 0. The number of aliphatic hydroxyl groups excluding tert-OH is 1. The van der Waals surface area contributed by atoms with Crippen LogP contribution in [0.25, 0.3) is 5.57 Å². The zero-order chi connectivity index (χ0) is 13.3. The van der Waals surface area contributed by atoms with Crippen LogP contribution in [0.1, 0.15) is 36.5 Å². The third kappa shape index (κ3) is 2.49. The zero-order valence-electron chi connectivity index (χ0n) is 11.2. The van der Waals surface area contributed by atoms with E-state index in [0.717, 1.165) is 29.5 Å². The van der Waals surface area contributed by atoms with Crippen LogP contribution in [0.3, 0.4) is 0 Å². The fourth-order valence-electron chi connectivity index (χ4n) is 2.38. The number of allylic oxidation sites excluding steroid dienone is 3. The topological polar surface area (TPSA) is 40.5 Å². The molecule has 0 spiro atoms. The molecule has 96 valence electrons. The molecule has 1 aliphatic carbocycles. The van der Waals surface area contributed by atoms with Crippen molar-refractivity contribution in [1.82, 2.24) is 0 Å². The molecule has 2 N–H and O–H groups in total. The zero-order valence-corrected chi connectivity index (χ0v) is 11.2. The number of hydrogen-bond acceptors (Lipinski definition) is 2. The van der Waals surface area contributed by atoms with Crippen LogP contribution in [-0.4, -0.2) is 16.3 Å². The number of aryl methyl sites for hydroxylation is 2. The standard InChI is InChI=1S/C16H20O2/c1-10-8-15(9-11(2)16(10)18)14-6-4-13(5-7-14)12(3)17/h4,6,8-9,12,17-18H,5,7H2,1-3H3. The highest BCUT2D eigenvalue weighted by Crippen LogP contribution is 2.32. The molecule has 0 saturated carbocycles. The Kier molecular flexibility index (Phi) is 3.58. The third-order valence-electron chi connectivity index (χ3n) is 3.58. The highest BCUT2D eigenvalue weighted by atomic mass is 16.3. The number of phenols is 1. The molecular formula is C16H20O2. The average molecular weight is 244 g/mol. The Balaban J connectivity index is 2.34. The van der Waals surface area contributed by atoms with E-state index in [2.05, 4.69) is 6.08 Å². The van der Waals surface area contributed by atoms with Gasteiger partial charge in [-0.25, -0.2) is 0 Å². The first kappa shape index (κ1) is 12.9. The summed E-state index contributed by atoms with van der Waals surface area (Å²) in [6, 6.07) is 4.05. The van der Waals surface area contributed by atoms with Crippen molar-refractivity contribution in [2.75, 3.05) is 0 Å². The van der Waals surface area contributed by atoms with Gasteiger partial charge in [-0.3, -0.25) is 0 Å². The van der Waals surface area contributed by atoms with Crippen molar-refractivity contribution in [2.24, 2.45) is 0 Å².